The predicted molar refractivity (Wildman–Crippen MR) is 73.9 cm³/mol. The molecule has 5 heteroatoms. The van der Waals surface area contributed by atoms with Gasteiger partial charge in [-0.25, -0.2) is 0 Å². The Morgan fingerprint density at radius 3 is 2.32 bits per heavy atom. The van der Waals surface area contributed by atoms with Crippen LogP contribution in [0.25, 0.3) is 0 Å². The standard InChI is InChI=1S/C14H22N2O3/c1-15(2)14(19)13-5-3-4-12(10-13)11-16(6-8-17)7-9-18/h3-5,10,17-18H,6-9,11H2,1-2H3. The number of benzene rings is 1. The average Bonchev–Trinajstić information content (AvgIpc) is 2.38. The Bertz CT molecular complexity index is 401. The van der Waals surface area contributed by atoms with Gasteiger partial charge in [0.1, 0.15) is 0 Å². The molecule has 0 heterocycles. The number of hydrogen-bond acceptors (Lipinski definition) is 4. The molecule has 0 radical (unpaired) electrons. The van der Waals surface area contributed by atoms with Gasteiger partial charge in [-0.2, -0.15) is 0 Å². The number of carbonyl (C=O) groups is 1. The summed E-state index contributed by atoms with van der Waals surface area (Å²) in [4.78, 5) is 15.3. The first-order valence-electron chi connectivity index (χ1n) is 6.33. The molecule has 1 aromatic carbocycles. The lowest BCUT2D eigenvalue weighted by molar-refractivity contribution is 0.0827. The maximum atomic E-state index is 11.9. The van der Waals surface area contributed by atoms with Crippen molar-refractivity contribution in [3.8, 4) is 0 Å². The maximum Gasteiger partial charge on any atom is 0.253 e. The Morgan fingerprint density at radius 2 is 1.79 bits per heavy atom. The number of carbonyl (C=O) groups excluding carboxylic acids is 1. The summed E-state index contributed by atoms with van der Waals surface area (Å²) in [5, 5.41) is 17.9. The fourth-order valence-corrected chi connectivity index (χ4v) is 1.87. The van der Waals surface area contributed by atoms with E-state index in [2.05, 4.69) is 0 Å². The summed E-state index contributed by atoms with van der Waals surface area (Å²) in [6.07, 6.45) is 0. The molecular formula is C14H22N2O3. The van der Waals surface area contributed by atoms with E-state index < -0.39 is 0 Å². The Hall–Kier alpha value is -1.43. The van der Waals surface area contributed by atoms with E-state index in [1.54, 1.807) is 25.1 Å². The van der Waals surface area contributed by atoms with Gasteiger partial charge in [0, 0.05) is 39.3 Å². The first-order chi connectivity index (χ1) is 9.08. The van der Waals surface area contributed by atoms with Gasteiger partial charge < -0.3 is 15.1 Å². The number of amides is 1. The van der Waals surface area contributed by atoms with Gasteiger partial charge >= 0.3 is 0 Å². The molecule has 0 aliphatic heterocycles. The third kappa shape index (κ3) is 4.98. The van der Waals surface area contributed by atoms with E-state index >= 15 is 0 Å². The summed E-state index contributed by atoms with van der Waals surface area (Å²) in [5.74, 6) is -0.0299. The van der Waals surface area contributed by atoms with Crippen molar-refractivity contribution in [1.82, 2.24) is 9.80 Å². The normalized spacial score (nSPS) is 10.8. The molecule has 1 rings (SSSR count). The zero-order valence-electron chi connectivity index (χ0n) is 11.5. The fraction of sp³-hybridized carbons (Fsp3) is 0.500. The molecule has 0 atom stereocenters. The van der Waals surface area contributed by atoms with Crippen LogP contribution in [0.15, 0.2) is 24.3 Å². The van der Waals surface area contributed by atoms with E-state index in [9.17, 15) is 4.79 Å². The minimum Gasteiger partial charge on any atom is -0.395 e. The smallest absolute Gasteiger partial charge is 0.253 e. The molecule has 5 nitrogen and oxygen atoms in total. The molecule has 1 amide bonds. The average molecular weight is 266 g/mol. The van der Waals surface area contributed by atoms with E-state index in [0.717, 1.165) is 5.56 Å². The van der Waals surface area contributed by atoms with E-state index in [1.165, 1.54) is 0 Å². The molecule has 0 aromatic heterocycles. The molecule has 0 spiro atoms. The monoisotopic (exact) mass is 266 g/mol. The Labute approximate surface area is 114 Å². The quantitative estimate of drug-likeness (QED) is 0.739. The van der Waals surface area contributed by atoms with Crippen LogP contribution in [0.4, 0.5) is 0 Å². The summed E-state index contributed by atoms with van der Waals surface area (Å²) in [5.41, 5.74) is 1.64. The van der Waals surface area contributed by atoms with Crippen molar-refractivity contribution in [1.29, 1.82) is 0 Å². The van der Waals surface area contributed by atoms with Gasteiger partial charge in [0.05, 0.1) is 13.2 Å². The molecule has 0 fully saturated rings. The van der Waals surface area contributed by atoms with Gasteiger partial charge in [0.15, 0.2) is 0 Å². The Morgan fingerprint density at radius 1 is 1.16 bits per heavy atom. The predicted octanol–water partition coefficient (Wildman–Crippen LogP) is 0.175. The lowest BCUT2D eigenvalue weighted by atomic mass is 10.1. The zero-order valence-corrected chi connectivity index (χ0v) is 11.5. The molecule has 0 bridgehead atoms. The second-order valence-corrected chi connectivity index (χ2v) is 4.62. The fourth-order valence-electron chi connectivity index (χ4n) is 1.87. The third-order valence-electron chi connectivity index (χ3n) is 2.82. The zero-order chi connectivity index (χ0) is 14.3. The summed E-state index contributed by atoms with van der Waals surface area (Å²) in [7, 11) is 3.44. The van der Waals surface area contributed by atoms with Crippen LogP contribution in [0, 0.1) is 0 Å². The number of aliphatic hydroxyl groups excluding tert-OH is 2. The lowest BCUT2D eigenvalue weighted by Crippen LogP contribution is -2.29. The molecule has 0 aliphatic rings. The highest BCUT2D eigenvalue weighted by Gasteiger charge is 2.10. The molecular weight excluding hydrogens is 244 g/mol. The van der Waals surface area contributed by atoms with Crippen LogP contribution in [0.3, 0.4) is 0 Å². The van der Waals surface area contributed by atoms with Crippen LogP contribution in [0.1, 0.15) is 15.9 Å². The second kappa shape index (κ2) is 7.89. The van der Waals surface area contributed by atoms with Crippen LogP contribution in [0.2, 0.25) is 0 Å². The summed E-state index contributed by atoms with van der Waals surface area (Å²) in [6.45, 7) is 1.72. The Kier molecular flexibility index (Phi) is 6.49. The highest BCUT2D eigenvalue weighted by Crippen LogP contribution is 2.10. The van der Waals surface area contributed by atoms with Crippen LogP contribution in [-0.2, 0) is 6.54 Å². The summed E-state index contributed by atoms with van der Waals surface area (Å²) < 4.78 is 0. The van der Waals surface area contributed by atoms with Crippen molar-refractivity contribution in [2.75, 3.05) is 40.4 Å². The maximum absolute atomic E-state index is 11.9. The van der Waals surface area contributed by atoms with Crippen molar-refractivity contribution < 1.29 is 15.0 Å². The van der Waals surface area contributed by atoms with Crippen LogP contribution in [0.5, 0.6) is 0 Å². The molecule has 2 N–H and O–H groups in total. The van der Waals surface area contributed by atoms with Crippen molar-refractivity contribution in [3.63, 3.8) is 0 Å². The van der Waals surface area contributed by atoms with Crippen LogP contribution < -0.4 is 0 Å². The molecule has 1 aromatic rings. The highest BCUT2D eigenvalue weighted by molar-refractivity contribution is 5.94. The number of hydrogen-bond donors (Lipinski definition) is 2. The van der Waals surface area contributed by atoms with Gasteiger partial charge in [-0.05, 0) is 17.7 Å². The van der Waals surface area contributed by atoms with Gasteiger partial charge in [0.25, 0.3) is 5.91 Å². The topological polar surface area (TPSA) is 64.0 Å². The molecule has 0 saturated heterocycles. The molecule has 106 valence electrons. The van der Waals surface area contributed by atoms with Gasteiger partial charge in [-0.3, -0.25) is 9.69 Å². The van der Waals surface area contributed by atoms with Crippen molar-refractivity contribution in [2.45, 2.75) is 6.54 Å². The molecule has 0 saturated carbocycles. The second-order valence-electron chi connectivity index (χ2n) is 4.62. The van der Waals surface area contributed by atoms with Crippen molar-refractivity contribution >= 4 is 5.91 Å². The summed E-state index contributed by atoms with van der Waals surface area (Å²) in [6, 6.07) is 7.43. The minimum absolute atomic E-state index is 0.0299. The first kappa shape index (κ1) is 15.6. The van der Waals surface area contributed by atoms with Gasteiger partial charge in [0.2, 0.25) is 0 Å². The van der Waals surface area contributed by atoms with E-state index in [4.69, 9.17) is 10.2 Å². The number of nitrogens with zero attached hydrogens (tertiary/aromatic N) is 2. The van der Waals surface area contributed by atoms with Crippen LogP contribution >= 0.6 is 0 Å². The van der Waals surface area contributed by atoms with E-state index in [1.807, 2.05) is 23.1 Å². The van der Waals surface area contributed by atoms with Crippen molar-refractivity contribution in [3.05, 3.63) is 35.4 Å². The lowest BCUT2D eigenvalue weighted by Gasteiger charge is -2.20. The van der Waals surface area contributed by atoms with E-state index in [-0.39, 0.29) is 19.1 Å². The summed E-state index contributed by atoms with van der Waals surface area (Å²) >= 11 is 0. The third-order valence-corrected chi connectivity index (χ3v) is 2.82. The highest BCUT2D eigenvalue weighted by atomic mass is 16.3. The van der Waals surface area contributed by atoms with Crippen molar-refractivity contribution in [2.24, 2.45) is 0 Å². The molecule has 19 heavy (non-hydrogen) atoms. The van der Waals surface area contributed by atoms with E-state index in [0.29, 0.717) is 25.2 Å². The largest absolute Gasteiger partial charge is 0.395 e. The first-order valence-corrected chi connectivity index (χ1v) is 6.33. The van der Waals surface area contributed by atoms with Gasteiger partial charge in [-0.1, -0.05) is 12.1 Å². The number of aliphatic hydroxyl groups is 2. The molecule has 0 aliphatic carbocycles. The van der Waals surface area contributed by atoms with Gasteiger partial charge in [-0.15, -0.1) is 0 Å². The Balaban J connectivity index is 2.77. The molecule has 0 unspecified atom stereocenters. The van der Waals surface area contributed by atoms with Crippen LogP contribution in [-0.4, -0.2) is 66.3 Å². The minimum atomic E-state index is -0.0299. The SMILES string of the molecule is CN(C)C(=O)c1cccc(CN(CCO)CCO)c1. The number of rotatable bonds is 7.